The summed E-state index contributed by atoms with van der Waals surface area (Å²) in [5, 5.41) is 3.72. The summed E-state index contributed by atoms with van der Waals surface area (Å²) in [6, 6.07) is 16.5. The first-order valence-corrected chi connectivity index (χ1v) is 12.0. The quantitative estimate of drug-likeness (QED) is 0.623. The normalized spacial score (nSPS) is 16.7. The fourth-order valence-electron chi connectivity index (χ4n) is 4.89. The lowest BCUT2D eigenvalue weighted by Crippen LogP contribution is -2.52. The van der Waals surface area contributed by atoms with E-state index in [-0.39, 0.29) is 29.4 Å². The van der Waals surface area contributed by atoms with Crippen molar-refractivity contribution in [1.29, 1.82) is 0 Å². The Morgan fingerprint density at radius 1 is 0.882 bits per heavy atom. The second-order valence-corrected chi connectivity index (χ2v) is 9.16. The number of carbonyl (C=O) groups is 3. The minimum absolute atomic E-state index is 0.0621. The van der Waals surface area contributed by atoms with E-state index in [1.54, 1.807) is 18.2 Å². The van der Waals surface area contributed by atoms with Crippen molar-refractivity contribution in [1.82, 2.24) is 9.80 Å². The Morgan fingerprint density at radius 2 is 1.56 bits per heavy atom. The number of hydrogen-bond acceptors (Lipinski definition) is 4. The fourth-order valence-corrected chi connectivity index (χ4v) is 4.89. The summed E-state index contributed by atoms with van der Waals surface area (Å²) in [5.41, 5.74) is 2.20. The second-order valence-electron chi connectivity index (χ2n) is 9.16. The molecule has 3 amide bonds. The van der Waals surface area contributed by atoms with Crippen LogP contribution < -0.4 is 5.32 Å². The van der Waals surface area contributed by atoms with E-state index in [1.807, 2.05) is 46.2 Å². The molecule has 1 N–H and O–H groups in total. The number of rotatable bonds is 5. The molecule has 0 unspecified atom stereocenters. The molecule has 2 fully saturated rings. The lowest BCUT2D eigenvalue weighted by molar-refractivity contribution is -0.141. The van der Waals surface area contributed by atoms with Gasteiger partial charge >= 0.3 is 0 Å². The van der Waals surface area contributed by atoms with E-state index >= 15 is 0 Å². The van der Waals surface area contributed by atoms with Crippen LogP contribution in [0.5, 0.6) is 0 Å². The van der Waals surface area contributed by atoms with Crippen LogP contribution in [0.3, 0.4) is 0 Å². The van der Waals surface area contributed by atoms with Gasteiger partial charge in [0.05, 0.1) is 6.42 Å². The number of fused-ring (bicyclic) bond motifs is 1. The summed E-state index contributed by atoms with van der Waals surface area (Å²) in [6.45, 7) is 2.41. The zero-order chi connectivity index (χ0) is 23.5. The molecular formula is C27H29N3O4. The van der Waals surface area contributed by atoms with Gasteiger partial charge in [0.1, 0.15) is 5.58 Å². The summed E-state index contributed by atoms with van der Waals surface area (Å²) in [7, 11) is 0. The summed E-state index contributed by atoms with van der Waals surface area (Å²) in [4.78, 5) is 41.7. The van der Waals surface area contributed by atoms with Crippen molar-refractivity contribution in [3.8, 4) is 0 Å². The Bertz CT molecular complexity index is 1150. The van der Waals surface area contributed by atoms with E-state index in [1.165, 1.54) is 0 Å². The molecule has 7 nitrogen and oxygen atoms in total. The molecule has 176 valence electrons. The monoisotopic (exact) mass is 459 g/mol. The second kappa shape index (κ2) is 9.71. The third-order valence-electron chi connectivity index (χ3n) is 6.86. The topological polar surface area (TPSA) is 82.9 Å². The summed E-state index contributed by atoms with van der Waals surface area (Å²) in [5.74, 6) is 0.459. The van der Waals surface area contributed by atoms with Crippen LogP contribution in [0.4, 0.5) is 5.69 Å². The first kappa shape index (κ1) is 22.2. The Morgan fingerprint density at radius 3 is 2.26 bits per heavy atom. The third kappa shape index (κ3) is 4.83. The van der Waals surface area contributed by atoms with E-state index in [0.717, 1.165) is 36.6 Å². The first-order chi connectivity index (χ1) is 16.6. The average molecular weight is 460 g/mol. The number of para-hydroxylation sites is 1. The Kier molecular flexibility index (Phi) is 6.34. The number of amides is 3. The maximum Gasteiger partial charge on any atom is 0.291 e. The molecule has 1 saturated carbocycles. The highest BCUT2D eigenvalue weighted by Gasteiger charge is 2.30. The number of carbonyl (C=O) groups excluding carboxylic acids is 3. The van der Waals surface area contributed by atoms with Crippen molar-refractivity contribution < 1.29 is 18.8 Å². The van der Waals surface area contributed by atoms with Crippen LogP contribution in [-0.4, -0.2) is 53.7 Å². The average Bonchev–Trinajstić information content (AvgIpc) is 3.55. The predicted octanol–water partition coefficient (Wildman–Crippen LogP) is 4.09. The van der Waals surface area contributed by atoms with E-state index < -0.39 is 0 Å². The van der Waals surface area contributed by atoms with Gasteiger partial charge in [-0.3, -0.25) is 14.4 Å². The highest BCUT2D eigenvalue weighted by molar-refractivity contribution is 6.04. The molecule has 34 heavy (non-hydrogen) atoms. The van der Waals surface area contributed by atoms with Crippen molar-refractivity contribution in [2.24, 2.45) is 5.92 Å². The first-order valence-electron chi connectivity index (χ1n) is 12.0. The standard InChI is InChI=1S/C27H29N3O4/c31-25(29-13-15-30(16-14-29)27(33)20-5-1-2-6-20)17-19-9-11-22(12-10-19)28-26(32)24-18-21-7-3-4-8-23(21)34-24/h3-4,7-12,18,20H,1-2,5-6,13-17H2,(H,28,32). The maximum atomic E-state index is 12.8. The SMILES string of the molecule is O=C(Nc1ccc(CC(=O)N2CCN(C(=O)C3CCCC3)CC2)cc1)c1cc2ccccc2o1. The largest absolute Gasteiger partial charge is 0.451 e. The lowest BCUT2D eigenvalue weighted by Gasteiger charge is -2.36. The highest BCUT2D eigenvalue weighted by atomic mass is 16.3. The number of nitrogens with one attached hydrogen (secondary N) is 1. The van der Waals surface area contributed by atoms with Crippen molar-refractivity contribution in [3.05, 3.63) is 65.9 Å². The molecule has 0 atom stereocenters. The van der Waals surface area contributed by atoms with Crippen LogP contribution in [0.25, 0.3) is 11.0 Å². The molecular weight excluding hydrogens is 430 g/mol. The number of anilines is 1. The van der Waals surface area contributed by atoms with Crippen molar-refractivity contribution in [2.45, 2.75) is 32.1 Å². The van der Waals surface area contributed by atoms with E-state index in [0.29, 0.717) is 43.9 Å². The zero-order valence-corrected chi connectivity index (χ0v) is 19.2. The molecule has 5 rings (SSSR count). The van der Waals surface area contributed by atoms with Gasteiger partial charge in [-0.1, -0.05) is 43.2 Å². The molecule has 2 heterocycles. The molecule has 2 aromatic carbocycles. The molecule has 3 aromatic rings. The van der Waals surface area contributed by atoms with E-state index in [4.69, 9.17) is 4.42 Å². The van der Waals surface area contributed by atoms with Gasteiger partial charge in [0.25, 0.3) is 5.91 Å². The smallest absolute Gasteiger partial charge is 0.291 e. The number of hydrogen-bond donors (Lipinski definition) is 1. The van der Waals surface area contributed by atoms with Crippen LogP contribution in [0, 0.1) is 5.92 Å². The van der Waals surface area contributed by atoms with Gasteiger partial charge in [-0.2, -0.15) is 0 Å². The van der Waals surface area contributed by atoms with Gasteiger partial charge in [-0.05, 0) is 42.7 Å². The number of furan rings is 1. The molecule has 1 saturated heterocycles. The zero-order valence-electron chi connectivity index (χ0n) is 19.2. The van der Waals surface area contributed by atoms with Crippen LogP contribution in [0.2, 0.25) is 0 Å². The minimum Gasteiger partial charge on any atom is -0.451 e. The van der Waals surface area contributed by atoms with Crippen LogP contribution in [0.15, 0.2) is 59.0 Å². The molecule has 2 aliphatic rings. The fraction of sp³-hybridized carbons (Fsp3) is 0.370. The Hall–Kier alpha value is -3.61. The summed E-state index contributed by atoms with van der Waals surface area (Å²) in [6.07, 6.45) is 4.61. The third-order valence-corrected chi connectivity index (χ3v) is 6.86. The van der Waals surface area contributed by atoms with Gasteiger partial charge in [-0.25, -0.2) is 0 Å². The number of nitrogens with zero attached hydrogens (tertiary/aromatic N) is 2. The van der Waals surface area contributed by atoms with Gasteiger partial charge in [0.15, 0.2) is 5.76 Å². The lowest BCUT2D eigenvalue weighted by atomic mass is 10.1. The highest BCUT2D eigenvalue weighted by Crippen LogP contribution is 2.27. The molecule has 1 aromatic heterocycles. The van der Waals surface area contributed by atoms with Gasteiger partial charge in [0, 0.05) is 43.2 Å². The number of piperazine rings is 1. The van der Waals surface area contributed by atoms with E-state index in [2.05, 4.69) is 5.32 Å². The summed E-state index contributed by atoms with van der Waals surface area (Å²) < 4.78 is 5.61. The van der Waals surface area contributed by atoms with Gasteiger partial charge in [0.2, 0.25) is 11.8 Å². The molecule has 7 heteroatoms. The minimum atomic E-state index is -0.315. The number of benzene rings is 2. The predicted molar refractivity (Wildman–Crippen MR) is 129 cm³/mol. The van der Waals surface area contributed by atoms with Crippen molar-refractivity contribution in [3.63, 3.8) is 0 Å². The van der Waals surface area contributed by atoms with Crippen molar-refractivity contribution >= 4 is 34.4 Å². The van der Waals surface area contributed by atoms with Crippen LogP contribution in [-0.2, 0) is 16.0 Å². The molecule has 1 aliphatic heterocycles. The maximum absolute atomic E-state index is 12.8. The van der Waals surface area contributed by atoms with Gasteiger partial charge < -0.3 is 19.5 Å². The molecule has 0 spiro atoms. The molecule has 0 bridgehead atoms. The van der Waals surface area contributed by atoms with Gasteiger partial charge in [-0.15, -0.1) is 0 Å². The van der Waals surface area contributed by atoms with Crippen LogP contribution in [0.1, 0.15) is 41.8 Å². The Balaban J connectivity index is 1.12. The summed E-state index contributed by atoms with van der Waals surface area (Å²) >= 11 is 0. The molecule has 0 radical (unpaired) electrons. The van der Waals surface area contributed by atoms with Crippen LogP contribution >= 0.6 is 0 Å². The van der Waals surface area contributed by atoms with Crippen molar-refractivity contribution in [2.75, 3.05) is 31.5 Å². The molecule has 1 aliphatic carbocycles. The van der Waals surface area contributed by atoms with E-state index in [9.17, 15) is 14.4 Å². The Labute approximate surface area is 198 Å².